The van der Waals surface area contributed by atoms with Gasteiger partial charge in [0.1, 0.15) is 23.0 Å². The van der Waals surface area contributed by atoms with E-state index in [9.17, 15) is 13.6 Å². The van der Waals surface area contributed by atoms with E-state index >= 15 is 0 Å². The van der Waals surface area contributed by atoms with E-state index < -0.39 is 23.1 Å². The number of halogens is 2. The summed E-state index contributed by atoms with van der Waals surface area (Å²) >= 11 is 5.21. The number of piperazine rings is 1. The minimum atomic E-state index is -0.916. The number of carbonyl (C=O) groups is 1. The van der Waals surface area contributed by atoms with Gasteiger partial charge in [-0.25, -0.2) is 13.8 Å². The summed E-state index contributed by atoms with van der Waals surface area (Å²) in [6, 6.07) is 8.97. The highest BCUT2D eigenvalue weighted by Crippen LogP contribution is 2.14. The molecule has 8 heteroatoms. The Labute approximate surface area is 149 Å². The monoisotopic (exact) mass is 362 g/mol. The van der Waals surface area contributed by atoms with Crippen LogP contribution in [0.3, 0.4) is 0 Å². The Morgan fingerprint density at radius 2 is 1.72 bits per heavy atom. The van der Waals surface area contributed by atoms with E-state index in [0.29, 0.717) is 26.2 Å². The van der Waals surface area contributed by atoms with Crippen LogP contribution in [0, 0.1) is 11.6 Å². The lowest BCUT2D eigenvalue weighted by atomic mass is 10.2. The Morgan fingerprint density at radius 1 is 1.04 bits per heavy atom. The van der Waals surface area contributed by atoms with Crippen LogP contribution in [0.2, 0.25) is 0 Å². The number of hydrogen-bond donors (Lipinski definition) is 1. The maximum Gasteiger partial charge on any atom is 0.263 e. The van der Waals surface area contributed by atoms with Gasteiger partial charge >= 0.3 is 0 Å². The Kier molecular flexibility index (Phi) is 5.18. The zero-order valence-electron chi connectivity index (χ0n) is 13.3. The van der Waals surface area contributed by atoms with Crippen LogP contribution in [0.4, 0.5) is 14.6 Å². The summed E-state index contributed by atoms with van der Waals surface area (Å²) in [7, 11) is 0. The van der Waals surface area contributed by atoms with E-state index in [2.05, 4.69) is 15.2 Å². The van der Waals surface area contributed by atoms with Crippen LogP contribution in [-0.4, -0.2) is 47.1 Å². The molecule has 1 aromatic heterocycles. The van der Waals surface area contributed by atoms with Crippen LogP contribution in [-0.2, 0) is 0 Å². The van der Waals surface area contributed by atoms with Gasteiger partial charge in [0.2, 0.25) is 0 Å². The number of thiocarbonyl (C=S) groups is 1. The molecule has 0 unspecified atom stereocenters. The molecule has 2 heterocycles. The Balaban J connectivity index is 1.59. The zero-order chi connectivity index (χ0) is 17.8. The fraction of sp³-hybridized carbons (Fsp3) is 0.235. The fourth-order valence-corrected chi connectivity index (χ4v) is 2.91. The molecule has 2 aromatic rings. The van der Waals surface area contributed by atoms with Gasteiger partial charge in [0.05, 0.1) is 0 Å². The van der Waals surface area contributed by atoms with E-state index in [4.69, 9.17) is 12.2 Å². The minimum Gasteiger partial charge on any atom is -0.353 e. The van der Waals surface area contributed by atoms with Gasteiger partial charge in [-0.1, -0.05) is 12.1 Å². The van der Waals surface area contributed by atoms with Crippen molar-refractivity contribution >= 4 is 29.1 Å². The molecule has 1 amide bonds. The zero-order valence-corrected chi connectivity index (χ0v) is 14.1. The second-order valence-corrected chi connectivity index (χ2v) is 5.90. The van der Waals surface area contributed by atoms with Gasteiger partial charge in [-0.15, -0.1) is 0 Å². The third kappa shape index (κ3) is 3.90. The van der Waals surface area contributed by atoms with Crippen LogP contribution in [0.1, 0.15) is 10.4 Å². The van der Waals surface area contributed by atoms with Crippen LogP contribution < -0.4 is 10.2 Å². The molecule has 1 saturated heterocycles. The van der Waals surface area contributed by atoms with Gasteiger partial charge in [0.15, 0.2) is 5.11 Å². The maximum absolute atomic E-state index is 13.7. The Bertz CT molecular complexity index is 759. The molecule has 1 aromatic carbocycles. The number of carbonyl (C=O) groups excluding carboxylic acids is 1. The summed E-state index contributed by atoms with van der Waals surface area (Å²) in [6.45, 7) is 2.52. The molecule has 0 radical (unpaired) electrons. The number of hydrogen-bond acceptors (Lipinski definition) is 4. The van der Waals surface area contributed by atoms with E-state index in [1.54, 1.807) is 11.1 Å². The lowest BCUT2D eigenvalue weighted by Gasteiger charge is -2.36. The average molecular weight is 362 g/mol. The Hall–Kier alpha value is -2.61. The smallest absolute Gasteiger partial charge is 0.263 e. The number of anilines is 1. The molecule has 1 fully saturated rings. The standard InChI is InChI=1S/C17H16F2N4OS/c18-12-4-3-5-13(19)15(12)16(24)21-17(25)23-10-8-22(9-11-23)14-6-1-2-7-20-14/h1-7H,8-11H2,(H,21,24,25). The highest BCUT2D eigenvalue weighted by Gasteiger charge is 2.23. The SMILES string of the molecule is O=C(NC(=S)N1CCN(c2ccccn2)CC1)c1c(F)cccc1F. The van der Waals surface area contributed by atoms with E-state index in [0.717, 1.165) is 18.0 Å². The van der Waals surface area contributed by atoms with Gasteiger partial charge < -0.3 is 9.80 Å². The normalized spacial score (nSPS) is 14.3. The van der Waals surface area contributed by atoms with Gasteiger partial charge in [0, 0.05) is 32.4 Å². The third-order valence-electron chi connectivity index (χ3n) is 3.95. The summed E-state index contributed by atoms with van der Waals surface area (Å²) in [6.07, 6.45) is 1.73. The topological polar surface area (TPSA) is 48.5 Å². The lowest BCUT2D eigenvalue weighted by molar-refractivity contribution is 0.0964. The van der Waals surface area contributed by atoms with Crippen molar-refractivity contribution in [3.05, 3.63) is 59.8 Å². The molecule has 0 saturated carbocycles. The quantitative estimate of drug-likeness (QED) is 0.830. The van der Waals surface area contributed by atoms with Gasteiger partial charge in [-0.05, 0) is 36.5 Å². The van der Waals surface area contributed by atoms with Crippen LogP contribution in [0.25, 0.3) is 0 Å². The maximum atomic E-state index is 13.7. The minimum absolute atomic E-state index is 0.160. The molecule has 5 nitrogen and oxygen atoms in total. The molecule has 1 aliphatic heterocycles. The van der Waals surface area contributed by atoms with Crippen LogP contribution in [0.5, 0.6) is 0 Å². The number of nitrogens with one attached hydrogen (secondary N) is 1. The number of pyridine rings is 1. The third-order valence-corrected chi connectivity index (χ3v) is 4.31. The Morgan fingerprint density at radius 3 is 2.32 bits per heavy atom. The van der Waals surface area contributed by atoms with Crippen LogP contribution >= 0.6 is 12.2 Å². The van der Waals surface area contributed by atoms with Crippen molar-refractivity contribution in [2.45, 2.75) is 0 Å². The van der Waals surface area contributed by atoms with Gasteiger partial charge in [0.25, 0.3) is 5.91 Å². The first-order chi connectivity index (χ1) is 12.1. The number of benzene rings is 1. The second-order valence-electron chi connectivity index (χ2n) is 5.52. The summed E-state index contributed by atoms with van der Waals surface area (Å²) in [5, 5.41) is 2.57. The van der Waals surface area contributed by atoms with Crippen molar-refractivity contribution in [3.8, 4) is 0 Å². The van der Waals surface area contributed by atoms with Crippen molar-refractivity contribution in [1.82, 2.24) is 15.2 Å². The summed E-state index contributed by atoms with van der Waals surface area (Å²) in [5.41, 5.74) is -0.628. The first-order valence-electron chi connectivity index (χ1n) is 7.76. The van der Waals surface area contributed by atoms with Crippen molar-refractivity contribution in [3.63, 3.8) is 0 Å². The molecule has 0 spiro atoms. The molecule has 0 aliphatic carbocycles. The number of aromatic nitrogens is 1. The van der Waals surface area contributed by atoms with Crippen molar-refractivity contribution in [1.29, 1.82) is 0 Å². The number of amides is 1. The summed E-state index contributed by atoms with van der Waals surface area (Å²) in [4.78, 5) is 20.3. The molecule has 1 N–H and O–H groups in total. The highest BCUT2D eigenvalue weighted by atomic mass is 32.1. The molecule has 1 aliphatic rings. The number of nitrogens with zero attached hydrogens (tertiary/aromatic N) is 3. The molecular weight excluding hydrogens is 346 g/mol. The van der Waals surface area contributed by atoms with Crippen molar-refractivity contribution in [2.24, 2.45) is 0 Å². The van der Waals surface area contributed by atoms with Crippen molar-refractivity contribution < 1.29 is 13.6 Å². The largest absolute Gasteiger partial charge is 0.353 e. The molecule has 3 rings (SSSR count). The van der Waals surface area contributed by atoms with E-state index in [1.807, 2.05) is 18.2 Å². The van der Waals surface area contributed by atoms with E-state index in [-0.39, 0.29) is 5.11 Å². The lowest BCUT2D eigenvalue weighted by Crippen LogP contribution is -2.53. The summed E-state index contributed by atoms with van der Waals surface area (Å²) < 4.78 is 27.3. The molecular formula is C17H16F2N4OS. The van der Waals surface area contributed by atoms with E-state index in [1.165, 1.54) is 6.07 Å². The fourth-order valence-electron chi connectivity index (χ4n) is 2.63. The summed E-state index contributed by atoms with van der Waals surface area (Å²) in [5.74, 6) is -1.83. The molecule has 0 bridgehead atoms. The van der Waals surface area contributed by atoms with Crippen LogP contribution in [0.15, 0.2) is 42.6 Å². The van der Waals surface area contributed by atoms with Gasteiger partial charge in [-0.2, -0.15) is 0 Å². The van der Waals surface area contributed by atoms with Crippen molar-refractivity contribution in [2.75, 3.05) is 31.1 Å². The average Bonchev–Trinajstić information content (AvgIpc) is 2.62. The number of rotatable bonds is 2. The molecule has 25 heavy (non-hydrogen) atoms. The predicted molar refractivity (Wildman–Crippen MR) is 94.4 cm³/mol. The van der Waals surface area contributed by atoms with Gasteiger partial charge in [-0.3, -0.25) is 10.1 Å². The first kappa shape index (κ1) is 17.2. The first-order valence-corrected chi connectivity index (χ1v) is 8.17. The molecule has 130 valence electrons. The molecule has 0 atom stereocenters. The predicted octanol–water partition coefficient (Wildman–Crippen LogP) is 2.20. The highest BCUT2D eigenvalue weighted by molar-refractivity contribution is 7.80. The second kappa shape index (κ2) is 7.52.